The molecular weight excluding hydrogens is 281 g/mol. The van der Waals surface area contributed by atoms with Crippen LogP contribution in [-0.2, 0) is 9.84 Å². The lowest BCUT2D eigenvalue weighted by molar-refractivity contribution is 0.472. The van der Waals surface area contributed by atoms with E-state index >= 15 is 0 Å². The van der Waals surface area contributed by atoms with Crippen molar-refractivity contribution < 1.29 is 17.9 Å². The van der Waals surface area contributed by atoms with Gasteiger partial charge in [0.15, 0.2) is 0 Å². The highest BCUT2D eigenvalue weighted by atomic mass is 32.2. The molecule has 0 aromatic heterocycles. The number of sulfone groups is 1. The van der Waals surface area contributed by atoms with Crippen molar-refractivity contribution in [1.82, 2.24) is 0 Å². The molecule has 0 bridgehead atoms. The number of phenols is 1. The maximum Gasteiger partial charge on any atom is 0.208 e. The molecule has 6 heteroatoms. The summed E-state index contributed by atoms with van der Waals surface area (Å²) in [5.74, 6) is -1.11. The molecule has 2 rings (SSSR count). The van der Waals surface area contributed by atoms with Gasteiger partial charge in [-0.15, -0.1) is 0 Å². The summed E-state index contributed by atoms with van der Waals surface area (Å²) in [5.41, 5.74) is 0.00646. The van der Waals surface area contributed by atoms with Crippen LogP contribution in [0, 0.1) is 24.1 Å². The summed E-state index contributed by atoms with van der Waals surface area (Å²) in [6, 6.07) is 8.77. The average molecular weight is 291 g/mol. The summed E-state index contributed by atoms with van der Waals surface area (Å²) in [6.45, 7) is 1.62. The van der Waals surface area contributed by atoms with Crippen LogP contribution in [0.2, 0.25) is 0 Å². The van der Waals surface area contributed by atoms with E-state index in [0.717, 1.165) is 18.2 Å². The zero-order chi connectivity index (χ0) is 14.9. The number of nitriles is 1. The minimum Gasteiger partial charge on any atom is -0.508 e. The summed E-state index contributed by atoms with van der Waals surface area (Å²) >= 11 is 0. The lowest BCUT2D eigenvalue weighted by Crippen LogP contribution is -2.06. The van der Waals surface area contributed by atoms with Gasteiger partial charge in [0.05, 0.1) is 9.79 Å². The zero-order valence-electron chi connectivity index (χ0n) is 10.5. The topological polar surface area (TPSA) is 78.2 Å². The Kier molecular flexibility index (Phi) is 3.47. The van der Waals surface area contributed by atoms with E-state index in [1.165, 1.54) is 18.2 Å². The van der Waals surface area contributed by atoms with E-state index < -0.39 is 26.1 Å². The number of aromatic hydroxyl groups is 1. The molecule has 0 atom stereocenters. The van der Waals surface area contributed by atoms with E-state index in [0.29, 0.717) is 5.56 Å². The third kappa shape index (κ3) is 2.36. The number of rotatable bonds is 2. The molecule has 0 amide bonds. The van der Waals surface area contributed by atoms with Gasteiger partial charge in [-0.3, -0.25) is 0 Å². The van der Waals surface area contributed by atoms with Crippen LogP contribution < -0.4 is 0 Å². The zero-order valence-corrected chi connectivity index (χ0v) is 11.3. The minimum absolute atomic E-state index is 0.183. The smallest absolute Gasteiger partial charge is 0.208 e. The van der Waals surface area contributed by atoms with Crippen molar-refractivity contribution in [3.8, 4) is 11.8 Å². The van der Waals surface area contributed by atoms with Gasteiger partial charge in [-0.1, -0.05) is 6.07 Å². The van der Waals surface area contributed by atoms with Gasteiger partial charge in [0.1, 0.15) is 23.2 Å². The van der Waals surface area contributed by atoms with Crippen molar-refractivity contribution in [2.75, 3.05) is 0 Å². The Hall–Kier alpha value is -2.39. The third-order valence-corrected chi connectivity index (χ3v) is 4.50. The van der Waals surface area contributed by atoms with Crippen molar-refractivity contribution in [1.29, 1.82) is 5.26 Å². The predicted octanol–water partition coefficient (Wildman–Crippen LogP) is 2.54. The first-order valence-corrected chi connectivity index (χ1v) is 7.09. The van der Waals surface area contributed by atoms with Crippen molar-refractivity contribution >= 4 is 9.84 Å². The molecule has 0 aliphatic carbocycles. The Morgan fingerprint density at radius 1 is 1.25 bits per heavy atom. The highest BCUT2D eigenvalue weighted by molar-refractivity contribution is 7.91. The van der Waals surface area contributed by atoms with Gasteiger partial charge in [0, 0.05) is 0 Å². The van der Waals surface area contributed by atoms with Crippen LogP contribution in [0.15, 0.2) is 46.2 Å². The summed E-state index contributed by atoms with van der Waals surface area (Å²) in [5, 5.41) is 18.4. The summed E-state index contributed by atoms with van der Waals surface area (Å²) in [4.78, 5) is -0.595. The van der Waals surface area contributed by atoms with Crippen molar-refractivity contribution in [2.45, 2.75) is 16.7 Å². The number of phenolic OH excluding ortho intramolecular Hbond substituents is 1. The van der Waals surface area contributed by atoms with Gasteiger partial charge in [-0.25, -0.2) is 12.8 Å². The van der Waals surface area contributed by atoms with E-state index in [4.69, 9.17) is 5.26 Å². The molecule has 2 aromatic rings. The maximum absolute atomic E-state index is 13.5. The fourth-order valence-electron chi connectivity index (χ4n) is 1.85. The molecule has 0 unspecified atom stereocenters. The second-order valence-corrected chi connectivity index (χ2v) is 6.15. The van der Waals surface area contributed by atoms with Crippen LogP contribution in [-0.4, -0.2) is 13.5 Å². The highest BCUT2D eigenvalue weighted by Gasteiger charge is 2.24. The largest absolute Gasteiger partial charge is 0.508 e. The molecule has 2 aromatic carbocycles. The fourth-order valence-corrected chi connectivity index (χ4v) is 3.39. The molecule has 0 heterocycles. The van der Waals surface area contributed by atoms with Crippen LogP contribution in [0.3, 0.4) is 0 Å². The van der Waals surface area contributed by atoms with Crippen LogP contribution in [0.25, 0.3) is 0 Å². The number of nitrogens with zero attached hydrogens (tertiary/aromatic N) is 1. The molecule has 0 spiro atoms. The monoisotopic (exact) mass is 291 g/mol. The first kappa shape index (κ1) is 14.0. The Morgan fingerprint density at radius 2 is 1.95 bits per heavy atom. The van der Waals surface area contributed by atoms with E-state index in [9.17, 15) is 17.9 Å². The second-order valence-electron chi connectivity index (χ2n) is 4.23. The van der Waals surface area contributed by atoms with Gasteiger partial charge >= 0.3 is 0 Å². The number of hydrogen-bond acceptors (Lipinski definition) is 4. The van der Waals surface area contributed by atoms with Gasteiger partial charge in [0.25, 0.3) is 0 Å². The predicted molar refractivity (Wildman–Crippen MR) is 69.4 cm³/mol. The lowest BCUT2D eigenvalue weighted by Gasteiger charge is -2.08. The molecule has 1 N–H and O–H groups in total. The molecule has 102 valence electrons. The lowest BCUT2D eigenvalue weighted by atomic mass is 10.2. The normalized spacial score (nSPS) is 11.1. The van der Waals surface area contributed by atoms with Crippen molar-refractivity contribution in [3.63, 3.8) is 0 Å². The molecule has 0 saturated heterocycles. The SMILES string of the molecule is Cc1cc(O)cc(S(=O)(=O)c2cccc(F)c2C#N)c1. The van der Waals surface area contributed by atoms with Gasteiger partial charge in [-0.2, -0.15) is 5.26 Å². The number of halogens is 1. The standard InChI is InChI=1S/C14H10FNO3S/c1-9-5-10(17)7-11(6-9)20(18,19)14-4-2-3-13(15)12(14)8-16/h2-7,17H,1H3. The van der Waals surface area contributed by atoms with E-state index in [1.54, 1.807) is 13.0 Å². The van der Waals surface area contributed by atoms with E-state index in [2.05, 4.69) is 0 Å². The fraction of sp³-hybridized carbons (Fsp3) is 0.0714. The van der Waals surface area contributed by atoms with Crippen LogP contribution >= 0.6 is 0 Å². The summed E-state index contributed by atoms with van der Waals surface area (Å²) in [6.07, 6.45) is 0. The first-order chi connectivity index (χ1) is 9.36. The third-order valence-electron chi connectivity index (χ3n) is 2.72. The first-order valence-electron chi connectivity index (χ1n) is 5.60. The molecule has 0 radical (unpaired) electrons. The Bertz CT molecular complexity index is 803. The van der Waals surface area contributed by atoms with Gasteiger partial charge in [-0.05, 0) is 42.8 Å². The van der Waals surface area contributed by atoms with E-state index in [1.807, 2.05) is 0 Å². The van der Waals surface area contributed by atoms with Crippen molar-refractivity contribution in [2.24, 2.45) is 0 Å². The second kappa shape index (κ2) is 4.94. The van der Waals surface area contributed by atoms with Gasteiger partial charge in [0.2, 0.25) is 9.84 Å². The molecule has 0 aliphatic rings. The van der Waals surface area contributed by atoms with Gasteiger partial charge < -0.3 is 5.11 Å². The number of aryl methyl sites for hydroxylation is 1. The molecular formula is C14H10FNO3S. The Balaban J connectivity index is 2.74. The molecule has 4 nitrogen and oxygen atoms in total. The highest BCUT2D eigenvalue weighted by Crippen LogP contribution is 2.28. The number of hydrogen-bond donors (Lipinski definition) is 1. The quantitative estimate of drug-likeness (QED) is 0.922. The van der Waals surface area contributed by atoms with Crippen LogP contribution in [0.1, 0.15) is 11.1 Å². The minimum atomic E-state index is -4.07. The number of benzene rings is 2. The van der Waals surface area contributed by atoms with Crippen molar-refractivity contribution in [3.05, 3.63) is 53.3 Å². The summed E-state index contributed by atoms with van der Waals surface area (Å²) < 4.78 is 38.4. The molecule has 0 saturated carbocycles. The molecule has 20 heavy (non-hydrogen) atoms. The molecule has 0 aliphatic heterocycles. The molecule has 0 fully saturated rings. The van der Waals surface area contributed by atoms with Crippen LogP contribution in [0.5, 0.6) is 5.75 Å². The summed E-state index contributed by atoms with van der Waals surface area (Å²) in [7, 11) is -4.07. The Labute approximate surface area is 115 Å². The van der Waals surface area contributed by atoms with Crippen LogP contribution in [0.4, 0.5) is 4.39 Å². The maximum atomic E-state index is 13.5. The van der Waals surface area contributed by atoms with E-state index in [-0.39, 0.29) is 10.6 Å². The Morgan fingerprint density at radius 3 is 2.55 bits per heavy atom. The average Bonchev–Trinajstić information content (AvgIpc) is 2.37.